The van der Waals surface area contributed by atoms with E-state index in [1.54, 1.807) is 23.2 Å². The molecule has 30 heavy (non-hydrogen) atoms. The number of furan rings is 1. The predicted octanol–water partition coefficient (Wildman–Crippen LogP) is 2.41. The number of amides is 2. The Balaban J connectivity index is 1.40. The monoisotopic (exact) mass is 409 g/mol. The summed E-state index contributed by atoms with van der Waals surface area (Å²) in [6.07, 6.45) is 8.65. The number of hydrogen-bond acceptors (Lipinski definition) is 6. The molecule has 0 radical (unpaired) electrons. The van der Waals surface area contributed by atoms with Crippen molar-refractivity contribution >= 4 is 17.5 Å². The van der Waals surface area contributed by atoms with Crippen molar-refractivity contribution in [1.29, 1.82) is 0 Å². The van der Waals surface area contributed by atoms with Gasteiger partial charge in [0.25, 0.3) is 17.5 Å². The number of piperidine rings is 1. The van der Waals surface area contributed by atoms with Gasteiger partial charge in [-0.3, -0.25) is 19.7 Å². The number of carbonyl (C=O) groups is 2. The zero-order valence-corrected chi connectivity index (χ0v) is 15.9. The zero-order valence-electron chi connectivity index (χ0n) is 15.9. The molecule has 0 atom stereocenters. The quantitative estimate of drug-likeness (QED) is 0.510. The second kappa shape index (κ2) is 8.19. The first-order valence-electron chi connectivity index (χ1n) is 9.42. The molecule has 1 aliphatic heterocycles. The molecule has 1 saturated heterocycles. The van der Waals surface area contributed by atoms with E-state index in [1.165, 1.54) is 41.8 Å². The summed E-state index contributed by atoms with van der Waals surface area (Å²) >= 11 is 0. The highest BCUT2D eigenvalue weighted by molar-refractivity contribution is 5.96. The van der Waals surface area contributed by atoms with Crippen LogP contribution in [-0.2, 0) is 0 Å². The smallest absolute Gasteiger partial charge is 0.294 e. The molecule has 154 valence electrons. The van der Waals surface area contributed by atoms with Crippen LogP contribution in [0.3, 0.4) is 0 Å². The molecule has 2 amide bonds. The Labute approximate surface area is 171 Å². The van der Waals surface area contributed by atoms with Gasteiger partial charge in [-0.05, 0) is 31.0 Å². The molecule has 0 saturated carbocycles. The van der Waals surface area contributed by atoms with Crippen molar-refractivity contribution in [2.75, 3.05) is 13.1 Å². The molecule has 1 aromatic carbocycles. The fourth-order valence-electron chi connectivity index (χ4n) is 3.50. The molecule has 4 rings (SSSR count). The van der Waals surface area contributed by atoms with Crippen molar-refractivity contribution in [2.45, 2.75) is 18.9 Å². The first kappa shape index (κ1) is 19.4. The summed E-state index contributed by atoms with van der Waals surface area (Å²) in [5.74, 6) is -0.478. The molecule has 2 aromatic heterocycles. The Morgan fingerprint density at radius 3 is 2.63 bits per heavy atom. The molecule has 0 spiro atoms. The van der Waals surface area contributed by atoms with E-state index in [9.17, 15) is 19.7 Å². The van der Waals surface area contributed by atoms with E-state index in [0.29, 0.717) is 37.2 Å². The maximum absolute atomic E-state index is 12.6. The molecule has 0 bridgehead atoms. The molecule has 0 unspecified atom stereocenters. The summed E-state index contributed by atoms with van der Waals surface area (Å²) in [6.45, 7) is 1.02. The van der Waals surface area contributed by atoms with Gasteiger partial charge in [-0.2, -0.15) is 0 Å². The number of nitro benzene ring substituents is 1. The lowest BCUT2D eigenvalue weighted by Crippen LogP contribution is -2.46. The first-order valence-corrected chi connectivity index (χ1v) is 9.42. The Hall–Kier alpha value is -3.95. The number of nitrogens with one attached hydrogen (secondary N) is 1. The minimum atomic E-state index is -0.522. The van der Waals surface area contributed by atoms with Crippen LogP contribution >= 0.6 is 0 Å². The molecule has 3 aromatic rings. The molecule has 3 heterocycles. The summed E-state index contributed by atoms with van der Waals surface area (Å²) < 4.78 is 6.47. The number of imidazole rings is 1. The minimum absolute atomic E-state index is 0.0979. The predicted molar refractivity (Wildman–Crippen MR) is 105 cm³/mol. The van der Waals surface area contributed by atoms with Crippen molar-refractivity contribution in [1.82, 2.24) is 19.8 Å². The van der Waals surface area contributed by atoms with E-state index in [4.69, 9.17) is 4.42 Å². The zero-order chi connectivity index (χ0) is 21.1. The highest BCUT2D eigenvalue weighted by Gasteiger charge is 2.26. The maximum atomic E-state index is 12.6. The number of rotatable bonds is 5. The molecule has 10 heteroatoms. The van der Waals surface area contributed by atoms with Gasteiger partial charge in [0.1, 0.15) is 12.0 Å². The lowest BCUT2D eigenvalue weighted by atomic mass is 10.0. The summed E-state index contributed by atoms with van der Waals surface area (Å²) in [4.78, 5) is 41.6. The van der Waals surface area contributed by atoms with E-state index in [1.807, 2.05) is 0 Å². The standard InChI is InChI=1S/C20H19N5O5/c26-19(14-1-2-17(18(11-14)25(28)29)24-9-6-21-13-24)22-16-3-7-23(8-4-16)20(27)15-5-10-30-12-15/h1-2,5-6,9-13,16H,3-4,7-8H2,(H,22,26). The van der Waals surface area contributed by atoms with Gasteiger partial charge in [0.05, 0.1) is 23.1 Å². The van der Waals surface area contributed by atoms with Crippen LogP contribution in [0, 0.1) is 10.1 Å². The van der Waals surface area contributed by atoms with Crippen LogP contribution in [0.4, 0.5) is 5.69 Å². The van der Waals surface area contributed by atoms with Crippen LogP contribution < -0.4 is 5.32 Å². The average molecular weight is 409 g/mol. The number of benzene rings is 1. The summed E-state index contributed by atoms with van der Waals surface area (Å²) in [5, 5.41) is 14.4. The topological polar surface area (TPSA) is 124 Å². The second-order valence-corrected chi connectivity index (χ2v) is 6.98. The SMILES string of the molecule is O=C(NC1CCN(C(=O)c2ccoc2)CC1)c1ccc(-n2ccnc2)c([N+](=O)[O-])c1. The lowest BCUT2D eigenvalue weighted by molar-refractivity contribution is -0.384. The fraction of sp³-hybridized carbons (Fsp3) is 0.250. The van der Waals surface area contributed by atoms with Crippen molar-refractivity contribution in [3.63, 3.8) is 0 Å². The van der Waals surface area contributed by atoms with Gasteiger partial charge in [-0.15, -0.1) is 0 Å². The highest BCUT2D eigenvalue weighted by Crippen LogP contribution is 2.24. The van der Waals surface area contributed by atoms with Crippen LogP contribution in [0.25, 0.3) is 5.69 Å². The second-order valence-electron chi connectivity index (χ2n) is 6.98. The molecule has 1 aliphatic rings. The molecule has 10 nitrogen and oxygen atoms in total. The highest BCUT2D eigenvalue weighted by atomic mass is 16.6. The van der Waals surface area contributed by atoms with Crippen molar-refractivity contribution in [2.24, 2.45) is 0 Å². The number of hydrogen-bond donors (Lipinski definition) is 1. The number of nitro groups is 1. The maximum Gasteiger partial charge on any atom is 0.294 e. The Kier molecular flexibility index (Phi) is 5.29. The van der Waals surface area contributed by atoms with Crippen LogP contribution in [0.15, 0.2) is 59.9 Å². The number of nitrogens with zero attached hydrogens (tertiary/aromatic N) is 4. The summed E-state index contributed by atoms with van der Waals surface area (Å²) in [7, 11) is 0. The molecular weight excluding hydrogens is 390 g/mol. The Morgan fingerprint density at radius 1 is 1.20 bits per heavy atom. The summed E-state index contributed by atoms with van der Waals surface area (Å²) in [5.41, 5.74) is 0.867. The van der Waals surface area contributed by atoms with Gasteiger partial charge in [0.15, 0.2) is 0 Å². The van der Waals surface area contributed by atoms with Crippen molar-refractivity contribution in [3.05, 3.63) is 76.8 Å². The van der Waals surface area contributed by atoms with E-state index in [2.05, 4.69) is 10.3 Å². The van der Waals surface area contributed by atoms with Gasteiger partial charge in [0.2, 0.25) is 0 Å². The van der Waals surface area contributed by atoms with Gasteiger partial charge in [0, 0.05) is 43.2 Å². The average Bonchev–Trinajstić information content (AvgIpc) is 3.47. The van der Waals surface area contributed by atoms with E-state index in [-0.39, 0.29) is 29.1 Å². The van der Waals surface area contributed by atoms with Crippen molar-refractivity contribution in [3.8, 4) is 5.69 Å². The van der Waals surface area contributed by atoms with Gasteiger partial charge >= 0.3 is 0 Å². The first-order chi connectivity index (χ1) is 14.5. The Bertz CT molecular complexity index is 1050. The van der Waals surface area contributed by atoms with E-state index >= 15 is 0 Å². The molecule has 1 N–H and O–H groups in total. The lowest BCUT2D eigenvalue weighted by Gasteiger charge is -2.32. The number of likely N-dealkylation sites (tertiary alicyclic amines) is 1. The van der Waals surface area contributed by atoms with E-state index in [0.717, 1.165) is 0 Å². The van der Waals surface area contributed by atoms with Gasteiger partial charge < -0.3 is 19.2 Å². The number of carbonyl (C=O) groups excluding carboxylic acids is 2. The van der Waals surface area contributed by atoms with Crippen LogP contribution in [0.5, 0.6) is 0 Å². The van der Waals surface area contributed by atoms with E-state index < -0.39 is 4.92 Å². The minimum Gasteiger partial charge on any atom is -0.472 e. The van der Waals surface area contributed by atoms with Crippen LogP contribution in [-0.4, -0.2) is 50.3 Å². The third kappa shape index (κ3) is 3.93. The van der Waals surface area contributed by atoms with Gasteiger partial charge in [-0.1, -0.05) is 0 Å². The third-order valence-electron chi connectivity index (χ3n) is 5.10. The fourth-order valence-corrected chi connectivity index (χ4v) is 3.50. The molecular formula is C20H19N5O5. The Morgan fingerprint density at radius 2 is 2.00 bits per heavy atom. The van der Waals surface area contributed by atoms with Crippen LogP contribution in [0.2, 0.25) is 0 Å². The molecule has 1 fully saturated rings. The van der Waals surface area contributed by atoms with Gasteiger partial charge in [-0.25, -0.2) is 4.98 Å². The number of aromatic nitrogens is 2. The largest absolute Gasteiger partial charge is 0.472 e. The van der Waals surface area contributed by atoms with Crippen molar-refractivity contribution < 1.29 is 18.9 Å². The summed E-state index contributed by atoms with van der Waals surface area (Å²) in [6, 6.07) is 5.85. The molecule has 0 aliphatic carbocycles. The van der Waals surface area contributed by atoms with Crippen LogP contribution in [0.1, 0.15) is 33.6 Å². The third-order valence-corrected chi connectivity index (χ3v) is 5.10. The normalized spacial score (nSPS) is 14.5.